The van der Waals surface area contributed by atoms with Crippen LogP contribution in [0.25, 0.3) is 0 Å². The predicted octanol–water partition coefficient (Wildman–Crippen LogP) is 2.52. The molecule has 92 valence electrons. The molecule has 1 aromatic rings. The fourth-order valence-corrected chi connectivity index (χ4v) is 2.88. The first-order valence-electron chi connectivity index (χ1n) is 5.48. The highest BCUT2D eigenvalue weighted by Crippen LogP contribution is 2.23. The van der Waals surface area contributed by atoms with Crippen LogP contribution in [0.4, 0.5) is 0 Å². The summed E-state index contributed by atoms with van der Waals surface area (Å²) in [7, 11) is 0. The summed E-state index contributed by atoms with van der Waals surface area (Å²) >= 11 is 9.27. The molecule has 0 radical (unpaired) electrons. The van der Waals surface area contributed by atoms with Crippen LogP contribution in [0, 0.1) is 5.92 Å². The first kappa shape index (κ1) is 12.9. The average molecular weight is 318 g/mol. The van der Waals surface area contributed by atoms with Gasteiger partial charge in [-0.05, 0) is 24.1 Å². The van der Waals surface area contributed by atoms with E-state index >= 15 is 0 Å². The standard InChI is InChI=1S/C12H14BrClN2O/c1-7-5-16(6-11(7)15)12(17)8-2-9(13)4-10(14)3-8/h2-4,7,11H,5-6,15H2,1H3. The van der Waals surface area contributed by atoms with Crippen LogP contribution in [0.1, 0.15) is 17.3 Å². The van der Waals surface area contributed by atoms with Crippen LogP contribution >= 0.6 is 27.5 Å². The van der Waals surface area contributed by atoms with Gasteiger partial charge in [0.25, 0.3) is 5.91 Å². The molecule has 1 aliphatic rings. The molecule has 0 aromatic heterocycles. The van der Waals surface area contributed by atoms with Gasteiger partial charge in [-0.2, -0.15) is 0 Å². The minimum atomic E-state index is -0.00648. The van der Waals surface area contributed by atoms with Gasteiger partial charge in [0.15, 0.2) is 0 Å². The van der Waals surface area contributed by atoms with Crippen molar-refractivity contribution in [1.82, 2.24) is 4.90 Å². The van der Waals surface area contributed by atoms with Crippen LogP contribution in [0.3, 0.4) is 0 Å². The van der Waals surface area contributed by atoms with Gasteiger partial charge in [0.2, 0.25) is 0 Å². The Morgan fingerprint density at radius 2 is 2.18 bits per heavy atom. The molecule has 3 nitrogen and oxygen atoms in total. The second kappa shape index (κ2) is 4.96. The highest BCUT2D eigenvalue weighted by Gasteiger charge is 2.30. The maximum atomic E-state index is 12.2. The van der Waals surface area contributed by atoms with Crippen molar-refractivity contribution in [3.8, 4) is 0 Å². The van der Waals surface area contributed by atoms with Crippen molar-refractivity contribution in [3.05, 3.63) is 33.3 Å². The van der Waals surface area contributed by atoms with E-state index in [0.717, 1.165) is 4.47 Å². The quantitative estimate of drug-likeness (QED) is 0.865. The van der Waals surface area contributed by atoms with Gasteiger partial charge in [0.1, 0.15) is 0 Å². The van der Waals surface area contributed by atoms with Crippen LogP contribution in [0.2, 0.25) is 5.02 Å². The monoisotopic (exact) mass is 316 g/mol. The highest BCUT2D eigenvalue weighted by atomic mass is 79.9. The molecule has 2 N–H and O–H groups in total. The number of benzene rings is 1. The second-order valence-corrected chi connectivity index (χ2v) is 5.86. The Morgan fingerprint density at radius 3 is 2.71 bits per heavy atom. The summed E-state index contributed by atoms with van der Waals surface area (Å²) in [6.07, 6.45) is 0. The van der Waals surface area contributed by atoms with E-state index < -0.39 is 0 Å². The number of carbonyl (C=O) groups is 1. The number of nitrogens with two attached hydrogens (primary N) is 1. The van der Waals surface area contributed by atoms with E-state index in [1.165, 1.54) is 0 Å². The smallest absolute Gasteiger partial charge is 0.254 e. The molecule has 0 saturated carbocycles. The number of hydrogen-bond acceptors (Lipinski definition) is 2. The number of amides is 1. The van der Waals surface area contributed by atoms with E-state index in [1.54, 1.807) is 23.1 Å². The SMILES string of the molecule is CC1CN(C(=O)c2cc(Cl)cc(Br)c2)CC1N. The molecule has 1 aliphatic heterocycles. The number of rotatable bonds is 1. The molecule has 1 aromatic carbocycles. The van der Waals surface area contributed by atoms with Crippen molar-refractivity contribution in [1.29, 1.82) is 0 Å². The zero-order valence-corrected chi connectivity index (χ0v) is 11.8. The molecule has 5 heteroatoms. The Hall–Kier alpha value is -0.580. The Morgan fingerprint density at radius 1 is 1.47 bits per heavy atom. The molecule has 2 rings (SSSR count). The number of nitrogens with zero attached hydrogens (tertiary/aromatic N) is 1. The maximum absolute atomic E-state index is 12.2. The molecule has 0 spiro atoms. The van der Waals surface area contributed by atoms with Gasteiger partial charge >= 0.3 is 0 Å². The van der Waals surface area contributed by atoms with Gasteiger partial charge in [-0.3, -0.25) is 4.79 Å². The predicted molar refractivity (Wildman–Crippen MR) is 72.2 cm³/mol. The lowest BCUT2D eigenvalue weighted by molar-refractivity contribution is 0.0787. The number of likely N-dealkylation sites (tertiary alicyclic amines) is 1. The number of carbonyl (C=O) groups excluding carboxylic acids is 1. The lowest BCUT2D eigenvalue weighted by Crippen LogP contribution is -2.32. The molecular weight excluding hydrogens is 304 g/mol. The van der Waals surface area contributed by atoms with Crippen LogP contribution in [-0.2, 0) is 0 Å². The van der Waals surface area contributed by atoms with Gasteiger partial charge in [0, 0.05) is 34.2 Å². The van der Waals surface area contributed by atoms with Crippen LogP contribution < -0.4 is 5.73 Å². The highest BCUT2D eigenvalue weighted by molar-refractivity contribution is 9.10. The summed E-state index contributed by atoms with van der Waals surface area (Å²) in [5.74, 6) is 0.342. The van der Waals surface area contributed by atoms with E-state index in [4.69, 9.17) is 17.3 Å². The third kappa shape index (κ3) is 2.81. The molecule has 1 saturated heterocycles. The van der Waals surface area contributed by atoms with Gasteiger partial charge in [-0.25, -0.2) is 0 Å². The summed E-state index contributed by atoms with van der Waals surface area (Å²) < 4.78 is 0.810. The minimum Gasteiger partial charge on any atom is -0.337 e. The van der Waals surface area contributed by atoms with Crippen molar-refractivity contribution < 1.29 is 4.79 Å². The van der Waals surface area contributed by atoms with Crippen molar-refractivity contribution in [3.63, 3.8) is 0 Å². The molecule has 17 heavy (non-hydrogen) atoms. The zero-order valence-electron chi connectivity index (χ0n) is 9.49. The minimum absolute atomic E-state index is 0.00648. The topological polar surface area (TPSA) is 46.3 Å². The van der Waals surface area contributed by atoms with Gasteiger partial charge in [-0.1, -0.05) is 34.5 Å². The molecule has 1 amide bonds. The Kier molecular flexibility index (Phi) is 3.76. The van der Waals surface area contributed by atoms with Gasteiger partial charge in [-0.15, -0.1) is 0 Å². The summed E-state index contributed by atoms with van der Waals surface area (Å²) in [6, 6.07) is 5.30. The first-order chi connectivity index (χ1) is 7.97. The molecule has 1 fully saturated rings. The third-order valence-corrected chi connectivity index (χ3v) is 3.74. The van der Waals surface area contributed by atoms with E-state index in [1.807, 2.05) is 0 Å². The lowest BCUT2D eigenvalue weighted by atomic mass is 10.1. The summed E-state index contributed by atoms with van der Waals surface area (Å²) in [6.45, 7) is 3.39. The van der Waals surface area contributed by atoms with E-state index in [2.05, 4.69) is 22.9 Å². The van der Waals surface area contributed by atoms with Crippen molar-refractivity contribution in [2.75, 3.05) is 13.1 Å². The van der Waals surface area contributed by atoms with E-state index in [0.29, 0.717) is 29.6 Å². The summed E-state index contributed by atoms with van der Waals surface area (Å²) in [5.41, 5.74) is 6.52. The third-order valence-electron chi connectivity index (χ3n) is 3.07. The van der Waals surface area contributed by atoms with Crippen molar-refractivity contribution in [2.45, 2.75) is 13.0 Å². The Bertz CT molecular complexity index is 422. The van der Waals surface area contributed by atoms with Gasteiger partial charge < -0.3 is 10.6 Å². The largest absolute Gasteiger partial charge is 0.337 e. The van der Waals surface area contributed by atoms with E-state index in [-0.39, 0.29) is 11.9 Å². The number of halogens is 2. The molecular formula is C12H14BrClN2O. The summed E-state index contributed by atoms with van der Waals surface area (Å²) in [5, 5.41) is 0.555. The molecule has 1 heterocycles. The van der Waals surface area contributed by atoms with Crippen LogP contribution in [-0.4, -0.2) is 29.9 Å². The second-order valence-electron chi connectivity index (χ2n) is 4.51. The summed E-state index contributed by atoms with van der Waals surface area (Å²) in [4.78, 5) is 14.0. The van der Waals surface area contributed by atoms with Crippen molar-refractivity contribution >= 4 is 33.4 Å². The van der Waals surface area contributed by atoms with E-state index in [9.17, 15) is 4.79 Å². The average Bonchev–Trinajstić information content (AvgIpc) is 2.57. The van der Waals surface area contributed by atoms with Crippen LogP contribution in [0.15, 0.2) is 22.7 Å². The normalized spacial score (nSPS) is 24.1. The van der Waals surface area contributed by atoms with Crippen LogP contribution in [0.5, 0.6) is 0 Å². The maximum Gasteiger partial charge on any atom is 0.254 e. The fourth-order valence-electron chi connectivity index (χ4n) is 2.02. The van der Waals surface area contributed by atoms with Gasteiger partial charge in [0.05, 0.1) is 0 Å². The van der Waals surface area contributed by atoms with Crippen molar-refractivity contribution in [2.24, 2.45) is 11.7 Å². The zero-order chi connectivity index (χ0) is 12.6. The Balaban J connectivity index is 2.20. The number of hydrogen-bond donors (Lipinski definition) is 1. The molecule has 2 unspecified atom stereocenters. The molecule has 0 aliphatic carbocycles. The molecule has 2 atom stereocenters. The first-order valence-corrected chi connectivity index (χ1v) is 6.65. The lowest BCUT2D eigenvalue weighted by Gasteiger charge is -2.16. The Labute approximate surface area is 114 Å². The fraction of sp³-hybridized carbons (Fsp3) is 0.417. The molecule has 0 bridgehead atoms.